The topological polar surface area (TPSA) is 70.4 Å². The van der Waals surface area contributed by atoms with Crippen LogP contribution in [0.4, 0.5) is 8.78 Å². The Bertz CT molecular complexity index is 783. The minimum absolute atomic E-state index is 0.177. The molecule has 0 spiro atoms. The predicted octanol–water partition coefficient (Wildman–Crippen LogP) is 2.86. The number of rotatable bonds is 2. The number of fused-ring (bicyclic) bond motifs is 1. The Morgan fingerprint density at radius 3 is 2.52 bits per heavy atom. The van der Waals surface area contributed by atoms with Gasteiger partial charge >= 0.3 is 0 Å². The second kappa shape index (κ2) is 5.38. The zero-order chi connectivity index (χ0) is 16.8. The molecule has 4 nitrogen and oxygen atoms in total. The number of hydrogen-bond acceptors (Lipinski definition) is 4. The van der Waals surface area contributed by atoms with E-state index in [1.54, 1.807) is 13.0 Å². The van der Waals surface area contributed by atoms with Crippen LogP contribution in [0.3, 0.4) is 0 Å². The summed E-state index contributed by atoms with van der Waals surface area (Å²) in [6, 6.07) is 5.06. The van der Waals surface area contributed by atoms with Crippen molar-refractivity contribution in [3.05, 3.63) is 47.2 Å². The Kier molecular flexibility index (Phi) is 3.64. The maximum Gasteiger partial charge on any atom is 0.187 e. The number of pyridine rings is 1. The Hall–Kier alpha value is -2.34. The molecule has 2 aromatic rings. The number of aromatic nitrogens is 1. The summed E-state index contributed by atoms with van der Waals surface area (Å²) in [6.07, 6.45) is 0.957. The molecule has 1 atom stereocenters. The molecule has 3 rings (SSSR count). The van der Waals surface area contributed by atoms with Crippen molar-refractivity contribution < 1.29 is 23.8 Å². The molecule has 0 bridgehead atoms. The van der Waals surface area contributed by atoms with Gasteiger partial charge in [0.2, 0.25) is 0 Å². The molecule has 1 unspecified atom stereocenters. The molecule has 1 heterocycles. The third-order valence-corrected chi connectivity index (χ3v) is 4.34. The number of phenolic OH excluding ortho intramolecular Hbond substituents is 1. The van der Waals surface area contributed by atoms with E-state index in [2.05, 4.69) is 4.98 Å². The van der Waals surface area contributed by atoms with E-state index in [-0.39, 0.29) is 18.0 Å². The van der Waals surface area contributed by atoms with Crippen LogP contribution in [0.5, 0.6) is 5.75 Å². The molecule has 23 heavy (non-hydrogen) atoms. The van der Waals surface area contributed by atoms with Gasteiger partial charge in [0.1, 0.15) is 0 Å². The molecule has 0 aliphatic heterocycles. The fourth-order valence-electron chi connectivity index (χ4n) is 2.76. The molecule has 1 aliphatic carbocycles. The lowest BCUT2D eigenvalue weighted by Gasteiger charge is -2.31. The lowest BCUT2D eigenvalue weighted by molar-refractivity contribution is 0.0639. The summed E-state index contributed by atoms with van der Waals surface area (Å²) >= 11 is 0. The van der Waals surface area contributed by atoms with Crippen LogP contribution in [0.15, 0.2) is 24.3 Å². The van der Waals surface area contributed by atoms with Crippen LogP contribution in [0, 0.1) is 17.0 Å². The highest BCUT2D eigenvalue weighted by Gasteiger charge is 2.38. The number of nitrogens with zero attached hydrogens (tertiary/aromatic N) is 1. The maximum absolute atomic E-state index is 13.5. The van der Waals surface area contributed by atoms with E-state index in [1.165, 1.54) is 6.07 Å². The number of carbonyl (C=O) groups is 1. The van der Waals surface area contributed by atoms with Crippen molar-refractivity contribution in [1.29, 1.82) is 0 Å². The van der Waals surface area contributed by atoms with Crippen molar-refractivity contribution in [2.45, 2.75) is 19.8 Å². The van der Waals surface area contributed by atoms with Gasteiger partial charge in [0.15, 0.2) is 23.2 Å². The fourth-order valence-corrected chi connectivity index (χ4v) is 2.76. The number of carbonyl (C=O) groups excluding carboxylic acids is 1. The second-order valence-electron chi connectivity index (χ2n) is 6.03. The van der Waals surface area contributed by atoms with E-state index in [0.717, 1.165) is 12.1 Å². The molecule has 0 amide bonds. The average molecular weight is 319 g/mol. The van der Waals surface area contributed by atoms with Crippen LogP contribution >= 0.6 is 0 Å². The Morgan fingerprint density at radius 2 is 1.91 bits per heavy atom. The quantitative estimate of drug-likeness (QED) is 0.893. The van der Waals surface area contributed by atoms with Crippen LogP contribution in [0.2, 0.25) is 0 Å². The number of phenols is 1. The van der Waals surface area contributed by atoms with Gasteiger partial charge < -0.3 is 10.2 Å². The minimum Gasteiger partial charge on any atom is -0.503 e. The smallest absolute Gasteiger partial charge is 0.187 e. The number of halogens is 2. The number of hydrogen-bond donors (Lipinski definition) is 2. The van der Waals surface area contributed by atoms with Gasteiger partial charge in [0.05, 0.1) is 23.4 Å². The highest BCUT2D eigenvalue weighted by Crippen LogP contribution is 2.35. The molecule has 6 heteroatoms. The van der Waals surface area contributed by atoms with E-state index in [1.807, 2.05) is 0 Å². The summed E-state index contributed by atoms with van der Waals surface area (Å²) in [5.74, 6) is -3.34. The van der Waals surface area contributed by atoms with Gasteiger partial charge in [-0.1, -0.05) is 6.92 Å². The lowest BCUT2D eigenvalue weighted by atomic mass is 9.74. The molecule has 0 saturated carbocycles. The lowest BCUT2D eigenvalue weighted by Crippen LogP contribution is -2.36. The van der Waals surface area contributed by atoms with Crippen LogP contribution in [0.1, 0.15) is 29.4 Å². The van der Waals surface area contributed by atoms with Crippen molar-refractivity contribution >= 4 is 5.78 Å². The first-order chi connectivity index (χ1) is 10.9. The highest BCUT2D eigenvalue weighted by molar-refractivity contribution is 6.02. The third kappa shape index (κ3) is 2.49. The summed E-state index contributed by atoms with van der Waals surface area (Å²) < 4.78 is 26.9. The molecular weight excluding hydrogens is 304 g/mol. The number of Topliss-reactive ketones (excluding diaryl/α,β-unsaturated/α-hetero) is 1. The molecule has 0 fully saturated rings. The second-order valence-corrected chi connectivity index (χ2v) is 6.03. The number of aryl methyl sites for hydroxylation is 1. The number of ketones is 1. The number of aliphatic hydroxyl groups is 1. The summed E-state index contributed by atoms with van der Waals surface area (Å²) in [6.45, 7) is 1.47. The maximum atomic E-state index is 13.5. The molecule has 2 N–H and O–H groups in total. The van der Waals surface area contributed by atoms with Gasteiger partial charge in [-0.25, -0.2) is 8.78 Å². The van der Waals surface area contributed by atoms with Crippen molar-refractivity contribution in [1.82, 2.24) is 4.98 Å². The van der Waals surface area contributed by atoms with Crippen molar-refractivity contribution in [3.8, 4) is 17.0 Å². The molecule has 1 aromatic carbocycles. The van der Waals surface area contributed by atoms with Crippen molar-refractivity contribution in [2.24, 2.45) is 5.41 Å². The molecular formula is C17H15F2NO3. The van der Waals surface area contributed by atoms with Gasteiger partial charge in [-0.3, -0.25) is 9.78 Å². The van der Waals surface area contributed by atoms with E-state index in [0.29, 0.717) is 29.8 Å². The van der Waals surface area contributed by atoms with Gasteiger partial charge in [-0.05, 0) is 37.1 Å². The molecule has 120 valence electrons. The molecule has 0 saturated heterocycles. The summed E-state index contributed by atoms with van der Waals surface area (Å²) in [5.41, 5.74) is 0.668. The van der Waals surface area contributed by atoms with Crippen LogP contribution in [0.25, 0.3) is 11.3 Å². The average Bonchev–Trinajstić information content (AvgIpc) is 2.55. The van der Waals surface area contributed by atoms with Crippen LogP contribution < -0.4 is 0 Å². The van der Waals surface area contributed by atoms with E-state index in [4.69, 9.17) is 5.11 Å². The first kappa shape index (κ1) is 15.6. The zero-order valence-electron chi connectivity index (χ0n) is 12.4. The van der Waals surface area contributed by atoms with Crippen molar-refractivity contribution in [3.63, 3.8) is 0 Å². The van der Waals surface area contributed by atoms with E-state index in [9.17, 15) is 18.7 Å². The number of aromatic hydroxyl groups is 1. The van der Waals surface area contributed by atoms with Gasteiger partial charge in [-0.15, -0.1) is 0 Å². The van der Waals surface area contributed by atoms with Gasteiger partial charge in [0.25, 0.3) is 0 Å². The van der Waals surface area contributed by atoms with Crippen molar-refractivity contribution in [2.75, 3.05) is 6.61 Å². The van der Waals surface area contributed by atoms with E-state index >= 15 is 0 Å². The largest absolute Gasteiger partial charge is 0.503 e. The minimum atomic E-state index is -1.07. The van der Waals surface area contributed by atoms with Crippen LogP contribution in [-0.2, 0) is 6.42 Å². The van der Waals surface area contributed by atoms with Gasteiger partial charge in [-0.2, -0.15) is 0 Å². The van der Waals surface area contributed by atoms with Crippen LogP contribution in [-0.4, -0.2) is 27.6 Å². The monoisotopic (exact) mass is 319 g/mol. The summed E-state index contributed by atoms with van der Waals surface area (Å²) in [7, 11) is 0. The normalized spacial score (nSPS) is 20.4. The standard InChI is InChI=1S/C17H15F2NO3/c1-17(8-21)5-4-14-10(16(17)23)2-3-13(20-14)9-6-11(18)15(22)12(19)7-9/h2-3,6-7,21-22H,4-5,8H2,1H3. The fraction of sp³-hybridized carbons (Fsp3) is 0.294. The third-order valence-electron chi connectivity index (χ3n) is 4.34. The predicted molar refractivity (Wildman–Crippen MR) is 79.1 cm³/mol. The SMILES string of the molecule is CC1(CO)CCc2nc(-c3cc(F)c(O)c(F)c3)ccc2C1=O. The molecule has 1 aliphatic rings. The molecule has 1 aromatic heterocycles. The number of aliphatic hydroxyl groups excluding tert-OH is 1. The van der Waals surface area contributed by atoms with E-state index < -0.39 is 22.8 Å². The Labute approximate surface area is 131 Å². The number of benzene rings is 1. The zero-order valence-corrected chi connectivity index (χ0v) is 12.4. The van der Waals surface area contributed by atoms with Gasteiger partial charge in [0, 0.05) is 11.1 Å². The highest BCUT2D eigenvalue weighted by atomic mass is 19.1. The summed E-state index contributed by atoms with van der Waals surface area (Å²) in [5, 5.41) is 18.6. The molecule has 0 radical (unpaired) electrons. The Balaban J connectivity index is 2.05. The Morgan fingerprint density at radius 1 is 1.26 bits per heavy atom. The first-order valence-electron chi connectivity index (χ1n) is 7.20. The summed E-state index contributed by atoms with van der Waals surface area (Å²) in [4.78, 5) is 16.7. The first-order valence-corrected chi connectivity index (χ1v) is 7.20.